The minimum absolute atomic E-state index is 0.151. The number of nitrogens with zero attached hydrogens (tertiary/aromatic N) is 5. The number of pyridine rings is 1. The molecule has 0 saturated carbocycles. The Morgan fingerprint density at radius 3 is 1.81 bits per heavy atom. The average molecular weight is 399 g/mol. The van der Waals surface area contributed by atoms with Gasteiger partial charge in [-0.15, -0.1) is 0 Å². The van der Waals surface area contributed by atoms with Crippen LogP contribution in [0.15, 0.2) is 102 Å². The van der Waals surface area contributed by atoms with Crippen LogP contribution in [-0.4, -0.2) is 5.71 Å². The standard InChI is InChI=1S/C26H17N5/c27-16-21-22(17-28)25(30)26(18-29,31-14-8-3-9-15-31)24(20-12-6-2-7-13-20)23(21)19-10-4-1-5-11-19/h1-15,23-24H. The summed E-state index contributed by atoms with van der Waals surface area (Å²) in [6, 6.07) is 30.5. The maximum absolute atomic E-state index is 11.4. The minimum atomic E-state index is -1.62. The highest BCUT2D eigenvalue weighted by atomic mass is 15.1. The van der Waals surface area contributed by atoms with Crippen LogP contribution in [0.1, 0.15) is 23.0 Å². The molecule has 3 unspecified atom stereocenters. The highest BCUT2D eigenvalue weighted by molar-refractivity contribution is 6.14. The number of rotatable bonds is 3. The van der Waals surface area contributed by atoms with Gasteiger partial charge in [-0.05, 0) is 11.1 Å². The first-order chi connectivity index (χ1) is 15.2. The van der Waals surface area contributed by atoms with Crippen molar-refractivity contribution >= 4 is 5.71 Å². The monoisotopic (exact) mass is 399 g/mol. The van der Waals surface area contributed by atoms with Crippen LogP contribution >= 0.6 is 0 Å². The smallest absolute Gasteiger partial charge is 0.266 e. The van der Waals surface area contributed by atoms with Gasteiger partial charge in [0.1, 0.15) is 6.07 Å². The first-order valence-electron chi connectivity index (χ1n) is 9.78. The third-order valence-corrected chi connectivity index (χ3v) is 5.80. The van der Waals surface area contributed by atoms with Gasteiger partial charge in [0, 0.05) is 18.1 Å². The van der Waals surface area contributed by atoms with E-state index >= 15 is 0 Å². The molecule has 2 aromatic carbocycles. The zero-order valence-electron chi connectivity index (χ0n) is 16.6. The van der Waals surface area contributed by atoms with Gasteiger partial charge >= 0.3 is 0 Å². The molecule has 1 aliphatic rings. The number of nitriles is 3. The van der Waals surface area contributed by atoms with E-state index in [1.54, 1.807) is 29.1 Å². The van der Waals surface area contributed by atoms with Crippen molar-refractivity contribution in [2.24, 2.45) is 0 Å². The predicted octanol–water partition coefficient (Wildman–Crippen LogP) is 4.13. The fourth-order valence-electron chi connectivity index (χ4n) is 4.48. The third kappa shape index (κ3) is 2.99. The van der Waals surface area contributed by atoms with E-state index < -0.39 is 23.1 Å². The summed E-state index contributed by atoms with van der Waals surface area (Å²) in [6.07, 6.45) is 3.40. The topological polar surface area (TPSA) is 97.5 Å². The van der Waals surface area contributed by atoms with Gasteiger partial charge in [0.25, 0.3) is 5.54 Å². The van der Waals surface area contributed by atoms with Crippen molar-refractivity contribution in [1.29, 1.82) is 15.8 Å². The Morgan fingerprint density at radius 1 is 0.742 bits per heavy atom. The Morgan fingerprint density at radius 2 is 1.29 bits per heavy atom. The third-order valence-electron chi connectivity index (χ3n) is 5.80. The number of aromatic nitrogens is 1. The summed E-state index contributed by atoms with van der Waals surface area (Å²) in [5.74, 6) is -1.26. The zero-order valence-corrected chi connectivity index (χ0v) is 16.6. The van der Waals surface area contributed by atoms with Crippen molar-refractivity contribution in [3.05, 3.63) is 119 Å². The molecule has 3 aromatic rings. The van der Waals surface area contributed by atoms with Gasteiger partial charge in [-0.25, -0.2) is 0 Å². The van der Waals surface area contributed by atoms with E-state index in [0.717, 1.165) is 11.1 Å². The molecular weight excluding hydrogens is 382 g/mol. The lowest BCUT2D eigenvalue weighted by molar-refractivity contribution is -0.736. The molecule has 31 heavy (non-hydrogen) atoms. The Bertz CT molecular complexity index is 1270. The molecule has 4 rings (SSSR count). The Hall–Kier alpha value is -4.53. The number of benzene rings is 2. The van der Waals surface area contributed by atoms with Crippen LogP contribution in [0.3, 0.4) is 0 Å². The summed E-state index contributed by atoms with van der Waals surface area (Å²) < 4.78 is 1.63. The summed E-state index contributed by atoms with van der Waals surface area (Å²) in [6.45, 7) is 0. The highest BCUT2D eigenvalue weighted by Crippen LogP contribution is 2.51. The molecule has 3 atom stereocenters. The van der Waals surface area contributed by atoms with E-state index in [1.807, 2.05) is 72.8 Å². The van der Waals surface area contributed by atoms with Gasteiger partial charge in [-0.3, -0.25) is 0 Å². The summed E-state index contributed by atoms with van der Waals surface area (Å²) in [5.41, 5.74) is -0.445. The lowest BCUT2D eigenvalue weighted by atomic mass is 9.60. The first-order valence-corrected chi connectivity index (χ1v) is 9.78. The molecule has 0 spiro atoms. The van der Waals surface area contributed by atoms with Crippen LogP contribution in [0.5, 0.6) is 0 Å². The van der Waals surface area contributed by atoms with Crippen molar-refractivity contribution in [3.8, 4) is 18.2 Å². The largest absolute Gasteiger partial charge is 0.800 e. The van der Waals surface area contributed by atoms with Crippen LogP contribution in [0.25, 0.3) is 5.41 Å². The van der Waals surface area contributed by atoms with Gasteiger partial charge in [-0.2, -0.15) is 20.4 Å². The predicted molar refractivity (Wildman–Crippen MR) is 115 cm³/mol. The molecule has 5 nitrogen and oxygen atoms in total. The summed E-state index contributed by atoms with van der Waals surface area (Å²) in [4.78, 5) is 0. The molecule has 0 aliphatic heterocycles. The van der Waals surface area contributed by atoms with Crippen LogP contribution in [0.2, 0.25) is 0 Å². The van der Waals surface area contributed by atoms with E-state index in [9.17, 15) is 21.2 Å². The van der Waals surface area contributed by atoms with Crippen molar-refractivity contribution in [2.75, 3.05) is 0 Å². The van der Waals surface area contributed by atoms with Crippen LogP contribution in [0.4, 0.5) is 0 Å². The second-order valence-corrected chi connectivity index (χ2v) is 7.30. The number of hydrogen-bond donors (Lipinski definition) is 0. The van der Waals surface area contributed by atoms with Crippen molar-refractivity contribution in [2.45, 2.75) is 17.4 Å². The quantitative estimate of drug-likeness (QED) is 0.619. The molecular formula is C26H17N5. The van der Waals surface area contributed by atoms with Gasteiger partial charge in [0.2, 0.25) is 0 Å². The zero-order chi connectivity index (χ0) is 21.8. The SMILES string of the molecule is N#CC1=C(C#N)C(c2ccccc2)C(c2ccccc2)C(C#N)([n+]2ccccc2)C1=[N-]. The average Bonchev–Trinajstić information content (AvgIpc) is 2.85. The van der Waals surface area contributed by atoms with E-state index in [1.165, 1.54) is 0 Å². The highest BCUT2D eigenvalue weighted by Gasteiger charge is 2.57. The molecule has 5 heteroatoms. The Kier molecular flexibility index (Phi) is 5.15. The maximum Gasteiger partial charge on any atom is 0.266 e. The van der Waals surface area contributed by atoms with Crippen molar-refractivity contribution in [3.63, 3.8) is 0 Å². The molecule has 0 bridgehead atoms. The second kappa shape index (κ2) is 8.07. The molecule has 1 aromatic heterocycles. The van der Waals surface area contributed by atoms with E-state index in [0.29, 0.717) is 0 Å². The fourth-order valence-corrected chi connectivity index (χ4v) is 4.48. The molecule has 0 saturated heterocycles. The number of allylic oxidation sites excluding steroid dienone is 2. The molecule has 146 valence electrons. The normalized spacial score (nSPS) is 22.8. The number of hydrogen-bond acceptors (Lipinski definition) is 3. The maximum atomic E-state index is 11.4. The van der Waals surface area contributed by atoms with E-state index in [-0.39, 0.29) is 11.1 Å². The lowest BCUT2D eigenvalue weighted by Gasteiger charge is -2.43. The van der Waals surface area contributed by atoms with Gasteiger partial charge < -0.3 is 5.41 Å². The molecule has 0 N–H and O–H groups in total. The molecule has 1 aliphatic carbocycles. The van der Waals surface area contributed by atoms with Crippen LogP contribution in [0, 0.1) is 34.0 Å². The lowest BCUT2D eigenvalue weighted by Crippen LogP contribution is -2.65. The second-order valence-electron chi connectivity index (χ2n) is 7.30. The summed E-state index contributed by atoms with van der Waals surface area (Å²) >= 11 is 0. The van der Waals surface area contributed by atoms with Gasteiger partial charge in [-0.1, -0.05) is 72.4 Å². The van der Waals surface area contributed by atoms with E-state index in [2.05, 4.69) is 12.1 Å². The van der Waals surface area contributed by atoms with Crippen molar-refractivity contribution < 1.29 is 4.57 Å². The van der Waals surface area contributed by atoms with Gasteiger partial charge in [0.05, 0.1) is 29.2 Å². The summed E-state index contributed by atoms with van der Waals surface area (Å²) in [7, 11) is 0. The molecule has 1 heterocycles. The van der Waals surface area contributed by atoms with E-state index in [4.69, 9.17) is 0 Å². The van der Waals surface area contributed by atoms with Gasteiger partial charge in [0.15, 0.2) is 12.4 Å². The molecule has 0 radical (unpaired) electrons. The fraction of sp³-hybridized carbons (Fsp3) is 0.115. The van der Waals surface area contributed by atoms with Crippen LogP contribution in [-0.2, 0) is 5.54 Å². The summed E-state index contributed by atoms with van der Waals surface area (Å²) in [5, 5.41) is 41.9. The Labute approximate surface area is 180 Å². The van der Waals surface area contributed by atoms with Crippen LogP contribution < -0.4 is 4.57 Å². The minimum Gasteiger partial charge on any atom is -0.800 e. The molecule has 0 fully saturated rings. The molecule has 0 amide bonds. The van der Waals surface area contributed by atoms with Crippen molar-refractivity contribution in [1.82, 2.24) is 0 Å². The Balaban J connectivity index is 2.16. The first kappa shape index (κ1) is 19.8.